The van der Waals surface area contributed by atoms with Gasteiger partial charge in [0.05, 0.1) is 17.4 Å². The SMILES string of the molecule is CSc1ccc(Cn2cnc3cc(F)ccc32)cc1. The highest BCUT2D eigenvalue weighted by molar-refractivity contribution is 7.98. The third kappa shape index (κ3) is 2.49. The fourth-order valence-corrected chi connectivity index (χ4v) is 2.50. The Kier molecular flexibility index (Phi) is 3.25. The lowest BCUT2D eigenvalue weighted by atomic mass is 10.2. The first-order valence-electron chi connectivity index (χ1n) is 5.99. The highest BCUT2D eigenvalue weighted by Gasteiger charge is 2.04. The van der Waals surface area contributed by atoms with Gasteiger partial charge in [0.1, 0.15) is 5.82 Å². The molecule has 1 heterocycles. The molecule has 1 aromatic heterocycles. The second-order valence-corrected chi connectivity index (χ2v) is 5.23. The molecule has 0 aliphatic rings. The van der Waals surface area contributed by atoms with E-state index in [9.17, 15) is 4.39 Å². The van der Waals surface area contributed by atoms with E-state index in [0.717, 1.165) is 12.1 Å². The molecule has 0 atom stereocenters. The Hall–Kier alpha value is -1.81. The predicted molar refractivity (Wildman–Crippen MR) is 77.0 cm³/mol. The quantitative estimate of drug-likeness (QED) is 0.672. The van der Waals surface area contributed by atoms with Crippen LogP contribution in [0.1, 0.15) is 5.56 Å². The average Bonchev–Trinajstić information content (AvgIpc) is 2.82. The summed E-state index contributed by atoms with van der Waals surface area (Å²) in [5.74, 6) is -0.248. The van der Waals surface area contributed by atoms with Crippen molar-refractivity contribution in [2.45, 2.75) is 11.4 Å². The number of rotatable bonds is 3. The van der Waals surface area contributed by atoms with Crippen molar-refractivity contribution in [2.24, 2.45) is 0 Å². The van der Waals surface area contributed by atoms with Crippen LogP contribution in [-0.4, -0.2) is 15.8 Å². The average molecular weight is 272 g/mol. The first-order valence-corrected chi connectivity index (χ1v) is 7.22. The maximum Gasteiger partial charge on any atom is 0.125 e. The molecule has 0 amide bonds. The van der Waals surface area contributed by atoms with Gasteiger partial charge in [0, 0.05) is 17.5 Å². The first kappa shape index (κ1) is 12.2. The van der Waals surface area contributed by atoms with Crippen LogP contribution in [0.5, 0.6) is 0 Å². The molecule has 0 unspecified atom stereocenters. The third-order valence-corrected chi connectivity index (χ3v) is 3.84. The van der Waals surface area contributed by atoms with Crippen LogP contribution in [0.4, 0.5) is 4.39 Å². The predicted octanol–water partition coefficient (Wildman–Crippen LogP) is 3.95. The number of fused-ring (bicyclic) bond motifs is 1. The summed E-state index contributed by atoms with van der Waals surface area (Å²) in [5.41, 5.74) is 2.86. The summed E-state index contributed by atoms with van der Waals surface area (Å²) >= 11 is 1.73. The van der Waals surface area contributed by atoms with Gasteiger partial charge in [-0.1, -0.05) is 12.1 Å². The van der Waals surface area contributed by atoms with Gasteiger partial charge >= 0.3 is 0 Å². The van der Waals surface area contributed by atoms with Gasteiger partial charge in [-0.3, -0.25) is 0 Å². The van der Waals surface area contributed by atoms with E-state index in [4.69, 9.17) is 0 Å². The molecule has 2 nitrogen and oxygen atoms in total. The lowest BCUT2D eigenvalue weighted by Crippen LogP contribution is -1.97. The Morgan fingerprint density at radius 2 is 1.95 bits per heavy atom. The molecule has 0 spiro atoms. The fraction of sp³-hybridized carbons (Fsp3) is 0.133. The van der Waals surface area contributed by atoms with E-state index in [1.807, 2.05) is 4.57 Å². The van der Waals surface area contributed by atoms with Gasteiger partial charge < -0.3 is 4.57 Å². The van der Waals surface area contributed by atoms with Gasteiger partial charge in [0.25, 0.3) is 0 Å². The Labute approximate surface area is 115 Å². The second-order valence-electron chi connectivity index (χ2n) is 4.35. The van der Waals surface area contributed by atoms with Crippen LogP contribution in [0.15, 0.2) is 53.7 Å². The fourth-order valence-electron chi connectivity index (χ4n) is 2.09. The third-order valence-electron chi connectivity index (χ3n) is 3.10. The highest BCUT2D eigenvalue weighted by Crippen LogP contribution is 2.18. The van der Waals surface area contributed by atoms with Crippen molar-refractivity contribution < 1.29 is 4.39 Å². The first-order chi connectivity index (χ1) is 9.26. The van der Waals surface area contributed by atoms with E-state index in [2.05, 4.69) is 35.5 Å². The molecular weight excluding hydrogens is 259 g/mol. The molecule has 0 fully saturated rings. The minimum atomic E-state index is -0.248. The summed E-state index contributed by atoms with van der Waals surface area (Å²) in [6.07, 6.45) is 3.82. The van der Waals surface area contributed by atoms with Crippen LogP contribution in [0.3, 0.4) is 0 Å². The Morgan fingerprint density at radius 3 is 2.68 bits per heavy atom. The van der Waals surface area contributed by atoms with Crippen molar-refractivity contribution in [3.63, 3.8) is 0 Å². The molecule has 19 heavy (non-hydrogen) atoms. The van der Waals surface area contributed by atoms with Gasteiger partial charge in [-0.15, -0.1) is 11.8 Å². The molecule has 2 aromatic carbocycles. The lowest BCUT2D eigenvalue weighted by Gasteiger charge is -2.05. The van der Waals surface area contributed by atoms with Crippen LogP contribution in [0.25, 0.3) is 11.0 Å². The number of hydrogen-bond donors (Lipinski definition) is 0. The van der Waals surface area contributed by atoms with Crippen LogP contribution >= 0.6 is 11.8 Å². The van der Waals surface area contributed by atoms with Gasteiger partial charge in [0.15, 0.2) is 0 Å². The van der Waals surface area contributed by atoms with Crippen molar-refractivity contribution in [1.82, 2.24) is 9.55 Å². The topological polar surface area (TPSA) is 17.8 Å². The van der Waals surface area contributed by atoms with Crippen LogP contribution in [0.2, 0.25) is 0 Å². The summed E-state index contributed by atoms with van der Waals surface area (Å²) in [7, 11) is 0. The van der Waals surface area contributed by atoms with Gasteiger partial charge in [0.2, 0.25) is 0 Å². The number of benzene rings is 2. The zero-order valence-electron chi connectivity index (χ0n) is 10.5. The maximum atomic E-state index is 13.1. The van der Waals surface area contributed by atoms with Crippen molar-refractivity contribution in [3.05, 3.63) is 60.2 Å². The second kappa shape index (κ2) is 5.05. The Bertz CT molecular complexity index is 704. The summed E-state index contributed by atoms with van der Waals surface area (Å²) in [4.78, 5) is 5.48. The molecular formula is C15H13FN2S. The summed E-state index contributed by atoms with van der Waals surface area (Å²) in [5, 5.41) is 0. The number of hydrogen-bond acceptors (Lipinski definition) is 2. The highest BCUT2D eigenvalue weighted by atomic mass is 32.2. The van der Waals surface area contributed by atoms with E-state index in [0.29, 0.717) is 5.52 Å². The molecule has 0 saturated carbocycles. The number of imidazole rings is 1. The molecule has 96 valence electrons. The molecule has 3 aromatic rings. The van der Waals surface area contributed by atoms with Crippen molar-refractivity contribution in [1.29, 1.82) is 0 Å². The summed E-state index contributed by atoms with van der Waals surface area (Å²) < 4.78 is 15.1. The van der Waals surface area contributed by atoms with Crippen LogP contribution < -0.4 is 0 Å². The maximum absolute atomic E-state index is 13.1. The van der Waals surface area contributed by atoms with Crippen LogP contribution in [0, 0.1) is 5.82 Å². The molecule has 0 aliphatic carbocycles. The molecule has 0 N–H and O–H groups in total. The summed E-state index contributed by atoms with van der Waals surface area (Å²) in [6.45, 7) is 0.747. The zero-order chi connectivity index (χ0) is 13.2. The molecule has 0 radical (unpaired) electrons. The standard InChI is InChI=1S/C15H13FN2S/c1-19-13-5-2-11(3-6-13)9-18-10-17-14-8-12(16)4-7-15(14)18/h2-8,10H,9H2,1H3. The smallest absolute Gasteiger partial charge is 0.125 e. The monoisotopic (exact) mass is 272 g/mol. The molecule has 0 bridgehead atoms. The van der Waals surface area contributed by atoms with Crippen molar-refractivity contribution in [3.8, 4) is 0 Å². The number of aromatic nitrogens is 2. The Balaban J connectivity index is 1.92. The van der Waals surface area contributed by atoms with E-state index in [1.54, 1.807) is 24.2 Å². The molecule has 0 aliphatic heterocycles. The van der Waals surface area contributed by atoms with Crippen molar-refractivity contribution in [2.75, 3.05) is 6.26 Å². The van der Waals surface area contributed by atoms with E-state index < -0.39 is 0 Å². The molecule has 4 heteroatoms. The summed E-state index contributed by atoms with van der Waals surface area (Å²) in [6, 6.07) is 13.1. The molecule has 3 rings (SSSR count). The van der Waals surface area contributed by atoms with Gasteiger partial charge in [-0.2, -0.15) is 0 Å². The van der Waals surface area contributed by atoms with Crippen LogP contribution in [-0.2, 0) is 6.54 Å². The Morgan fingerprint density at radius 1 is 1.16 bits per heavy atom. The molecule has 0 saturated heterocycles. The largest absolute Gasteiger partial charge is 0.326 e. The normalized spacial score (nSPS) is 11.1. The number of nitrogens with zero attached hydrogens (tertiary/aromatic N) is 2. The van der Waals surface area contributed by atoms with E-state index in [1.165, 1.54) is 22.6 Å². The van der Waals surface area contributed by atoms with E-state index >= 15 is 0 Å². The number of thioether (sulfide) groups is 1. The lowest BCUT2D eigenvalue weighted by molar-refractivity contribution is 0.629. The van der Waals surface area contributed by atoms with Crippen molar-refractivity contribution >= 4 is 22.8 Å². The van der Waals surface area contributed by atoms with E-state index in [-0.39, 0.29) is 5.82 Å². The van der Waals surface area contributed by atoms with Gasteiger partial charge in [-0.05, 0) is 36.1 Å². The zero-order valence-corrected chi connectivity index (χ0v) is 11.3. The van der Waals surface area contributed by atoms with Gasteiger partial charge in [-0.25, -0.2) is 9.37 Å². The minimum absolute atomic E-state index is 0.248. The number of halogens is 1. The minimum Gasteiger partial charge on any atom is -0.326 e.